The summed E-state index contributed by atoms with van der Waals surface area (Å²) >= 11 is 6.56. The van der Waals surface area contributed by atoms with Crippen molar-refractivity contribution in [2.24, 2.45) is 5.10 Å². The van der Waals surface area contributed by atoms with Gasteiger partial charge in [0, 0.05) is 53.0 Å². The maximum atomic E-state index is 13.4. The minimum Gasteiger partial charge on any atom is -0.267 e. The molecule has 3 heterocycles. The second kappa shape index (κ2) is 8.40. The molecule has 0 radical (unpaired) electrons. The predicted octanol–water partition coefficient (Wildman–Crippen LogP) is 5.18. The lowest BCUT2D eigenvalue weighted by molar-refractivity contribution is -0.384. The fourth-order valence-corrected chi connectivity index (χ4v) is 4.15. The molecule has 1 atom stereocenters. The Kier molecular flexibility index (Phi) is 5.27. The number of amides is 1. The first-order chi connectivity index (χ1) is 16.0. The van der Waals surface area contributed by atoms with Crippen LogP contribution >= 0.6 is 11.6 Å². The number of para-hydroxylation sites is 1. The van der Waals surface area contributed by atoms with Gasteiger partial charge in [-0.25, -0.2) is 9.99 Å². The van der Waals surface area contributed by atoms with E-state index in [0.29, 0.717) is 28.8 Å². The molecule has 0 fully saturated rings. The lowest BCUT2D eigenvalue weighted by Gasteiger charge is -2.23. The van der Waals surface area contributed by atoms with E-state index in [0.717, 1.165) is 10.9 Å². The van der Waals surface area contributed by atoms with Crippen LogP contribution < -0.4 is 0 Å². The summed E-state index contributed by atoms with van der Waals surface area (Å²) in [5.41, 5.74) is 2.90. The molecule has 0 spiro atoms. The molecule has 0 N–H and O–H groups in total. The van der Waals surface area contributed by atoms with Crippen molar-refractivity contribution in [1.82, 2.24) is 15.0 Å². The van der Waals surface area contributed by atoms with Crippen LogP contribution in [0.3, 0.4) is 0 Å². The Morgan fingerprint density at radius 2 is 1.85 bits per heavy atom. The van der Waals surface area contributed by atoms with Gasteiger partial charge in [0.2, 0.25) is 0 Å². The molecule has 33 heavy (non-hydrogen) atoms. The van der Waals surface area contributed by atoms with Gasteiger partial charge in [-0.05, 0) is 24.3 Å². The number of nitro benzene ring substituents is 1. The molecule has 0 bridgehead atoms. The van der Waals surface area contributed by atoms with Crippen LogP contribution in [0.2, 0.25) is 5.15 Å². The molecule has 1 aliphatic heterocycles. The van der Waals surface area contributed by atoms with Gasteiger partial charge in [-0.15, -0.1) is 0 Å². The Morgan fingerprint density at radius 1 is 1.06 bits per heavy atom. The zero-order valence-corrected chi connectivity index (χ0v) is 17.9. The molecule has 2 aromatic carbocycles. The maximum Gasteiger partial charge on any atom is 0.274 e. The molecule has 1 unspecified atom stereocenters. The van der Waals surface area contributed by atoms with E-state index in [1.807, 2.05) is 30.3 Å². The highest BCUT2D eigenvalue weighted by molar-refractivity contribution is 6.30. The van der Waals surface area contributed by atoms with Crippen molar-refractivity contribution in [1.29, 1.82) is 0 Å². The fourth-order valence-electron chi connectivity index (χ4n) is 3.88. The monoisotopic (exact) mass is 457 g/mol. The van der Waals surface area contributed by atoms with Crippen LogP contribution in [0.15, 0.2) is 84.2 Å². The first kappa shape index (κ1) is 20.7. The Hall–Kier alpha value is -4.17. The van der Waals surface area contributed by atoms with Crippen molar-refractivity contribution < 1.29 is 9.72 Å². The minimum absolute atomic E-state index is 0.0453. The molecule has 4 aromatic rings. The van der Waals surface area contributed by atoms with Gasteiger partial charge in [-0.2, -0.15) is 5.10 Å². The van der Waals surface area contributed by atoms with Gasteiger partial charge in [0.15, 0.2) is 0 Å². The summed E-state index contributed by atoms with van der Waals surface area (Å²) in [5, 5.41) is 18.4. The molecule has 1 amide bonds. The number of non-ortho nitro benzene ring substituents is 1. The lowest BCUT2D eigenvalue weighted by Crippen LogP contribution is -2.27. The van der Waals surface area contributed by atoms with Gasteiger partial charge in [0.25, 0.3) is 11.6 Å². The molecule has 5 rings (SSSR count). The van der Waals surface area contributed by atoms with Crippen molar-refractivity contribution in [3.8, 4) is 0 Å². The van der Waals surface area contributed by atoms with E-state index in [1.165, 1.54) is 29.5 Å². The number of aromatic nitrogens is 2. The van der Waals surface area contributed by atoms with E-state index >= 15 is 0 Å². The van der Waals surface area contributed by atoms with Crippen LogP contribution in [-0.4, -0.2) is 31.5 Å². The van der Waals surface area contributed by atoms with Gasteiger partial charge in [-0.1, -0.05) is 41.9 Å². The normalized spacial score (nSPS) is 15.5. The first-order valence-corrected chi connectivity index (χ1v) is 10.5. The SMILES string of the molecule is O=C(c1ccncc1)N1N=C(c2cccc([N+](=O)[O-])c2)CC1c1cc2ccccc2nc1Cl. The molecule has 2 aromatic heterocycles. The van der Waals surface area contributed by atoms with Crippen LogP contribution in [0.1, 0.15) is 33.9 Å². The van der Waals surface area contributed by atoms with Crippen molar-refractivity contribution in [2.75, 3.05) is 0 Å². The topological polar surface area (TPSA) is 102 Å². The number of nitro groups is 1. The number of benzene rings is 2. The largest absolute Gasteiger partial charge is 0.274 e. The number of rotatable bonds is 4. The average Bonchev–Trinajstić information content (AvgIpc) is 3.29. The fraction of sp³-hybridized carbons (Fsp3) is 0.0833. The van der Waals surface area contributed by atoms with Crippen LogP contribution in [0.4, 0.5) is 5.69 Å². The molecule has 0 aliphatic carbocycles. The number of nitrogens with zero attached hydrogens (tertiary/aromatic N) is 5. The summed E-state index contributed by atoms with van der Waals surface area (Å²) in [4.78, 5) is 32.6. The van der Waals surface area contributed by atoms with Crippen molar-refractivity contribution >= 4 is 39.8 Å². The highest BCUT2D eigenvalue weighted by atomic mass is 35.5. The molecule has 1 aliphatic rings. The first-order valence-electron chi connectivity index (χ1n) is 10.1. The summed E-state index contributed by atoms with van der Waals surface area (Å²) in [7, 11) is 0. The van der Waals surface area contributed by atoms with Gasteiger partial charge in [0.05, 0.1) is 22.2 Å². The van der Waals surface area contributed by atoms with Gasteiger partial charge < -0.3 is 0 Å². The molecule has 8 nitrogen and oxygen atoms in total. The Labute approximate surface area is 193 Å². The number of fused-ring (bicyclic) bond motifs is 1. The summed E-state index contributed by atoms with van der Waals surface area (Å²) in [6, 6.07) is 18.4. The summed E-state index contributed by atoms with van der Waals surface area (Å²) in [6.07, 6.45) is 3.40. The standard InChI is InChI=1S/C24H16ClN5O3/c25-23-19(13-17-4-1-2-7-20(17)27-23)22-14-21(16-5-3-6-18(12-16)30(32)33)28-29(22)24(31)15-8-10-26-11-9-15/h1-13,22H,14H2. The minimum atomic E-state index is -0.524. The molecule has 162 valence electrons. The number of hydrazone groups is 1. The quantitative estimate of drug-likeness (QED) is 0.238. The van der Waals surface area contributed by atoms with E-state index in [-0.39, 0.29) is 16.7 Å². The molecule has 0 saturated carbocycles. The zero-order valence-electron chi connectivity index (χ0n) is 17.1. The average molecular weight is 458 g/mol. The molecule has 9 heteroatoms. The molecular weight excluding hydrogens is 442 g/mol. The second-order valence-electron chi connectivity index (χ2n) is 7.52. The highest BCUT2D eigenvalue weighted by Crippen LogP contribution is 2.38. The van der Waals surface area contributed by atoms with E-state index < -0.39 is 11.0 Å². The Morgan fingerprint density at radius 3 is 2.64 bits per heavy atom. The van der Waals surface area contributed by atoms with Crippen molar-refractivity contribution in [2.45, 2.75) is 12.5 Å². The van der Waals surface area contributed by atoms with Crippen LogP contribution in [0.25, 0.3) is 10.9 Å². The van der Waals surface area contributed by atoms with Crippen LogP contribution in [0, 0.1) is 10.1 Å². The van der Waals surface area contributed by atoms with Gasteiger partial charge >= 0.3 is 0 Å². The highest BCUT2D eigenvalue weighted by Gasteiger charge is 2.35. The summed E-state index contributed by atoms with van der Waals surface area (Å²) < 4.78 is 0. The Balaban J connectivity index is 1.61. The number of carbonyl (C=O) groups excluding carboxylic acids is 1. The third-order valence-corrected chi connectivity index (χ3v) is 5.80. The third kappa shape index (κ3) is 3.92. The molecular formula is C24H16ClN5O3. The van der Waals surface area contributed by atoms with Crippen LogP contribution in [-0.2, 0) is 0 Å². The number of halogens is 1. The number of hydrogen-bond donors (Lipinski definition) is 0. The summed E-state index contributed by atoms with van der Waals surface area (Å²) in [5.74, 6) is -0.327. The van der Waals surface area contributed by atoms with E-state index in [4.69, 9.17) is 11.6 Å². The lowest BCUT2D eigenvalue weighted by atomic mass is 9.98. The van der Waals surface area contributed by atoms with E-state index in [9.17, 15) is 14.9 Å². The van der Waals surface area contributed by atoms with E-state index in [1.54, 1.807) is 24.3 Å². The maximum absolute atomic E-state index is 13.4. The van der Waals surface area contributed by atoms with Crippen molar-refractivity contribution in [3.05, 3.63) is 111 Å². The van der Waals surface area contributed by atoms with Gasteiger partial charge in [-0.3, -0.25) is 19.9 Å². The smallest absolute Gasteiger partial charge is 0.267 e. The second-order valence-corrected chi connectivity index (χ2v) is 7.88. The Bertz CT molecular complexity index is 1420. The number of carbonyl (C=O) groups is 1. The van der Waals surface area contributed by atoms with Crippen LogP contribution in [0.5, 0.6) is 0 Å². The predicted molar refractivity (Wildman–Crippen MR) is 124 cm³/mol. The number of pyridine rings is 2. The van der Waals surface area contributed by atoms with Gasteiger partial charge in [0.1, 0.15) is 5.15 Å². The molecule has 0 saturated heterocycles. The van der Waals surface area contributed by atoms with Crippen molar-refractivity contribution in [3.63, 3.8) is 0 Å². The third-order valence-electron chi connectivity index (χ3n) is 5.50. The summed E-state index contributed by atoms with van der Waals surface area (Å²) in [6.45, 7) is 0. The van der Waals surface area contributed by atoms with E-state index in [2.05, 4.69) is 15.1 Å². The number of hydrogen-bond acceptors (Lipinski definition) is 6. The zero-order chi connectivity index (χ0) is 22.9.